The van der Waals surface area contributed by atoms with Crippen LogP contribution in [0.1, 0.15) is 46.4 Å². The maximum atomic E-state index is 15.7. The van der Waals surface area contributed by atoms with E-state index in [2.05, 4.69) is 35.9 Å². The molecule has 2 aromatic carbocycles. The third-order valence-corrected chi connectivity index (χ3v) is 10.7. The van der Waals surface area contributed by atoms with E-state index in [4.69, 9.17) is 11.6 Å². The number of pyridine rings is 1. The third-order valence-electron chi connectivity index (χ3n) is 10.4. The van der Waals surface area contributed by atoms with Crippen molar-refractivity contribution in [1.82, 2.24) is 44.3 Å². The standard InChI is InChI=1S/C42H48ClF2N11O4/c1-6-27(14-17-52(3)4)40(58)54-19-21-55(22-20-54)41(59)30-11-10-28(23-33(30)43)49-39(57)38-48-24-34(53(38)5)31-13-12-29(36(44)37(31)45)32-25-56(51-26(32)2)18-16-47-42(60)50-35-9-7-8-15-46-35/h7-13,15,23-25,27H,6,14,16-22H2,1-5H3,(H,49,57)(H2,46,47,50,60). The molecular formula is C42H48ClF2N11O4. The summed E-state index contributed by atoms with van der Waals surface area (Å²) in [5.74, 6) is -2.78. The topological polar surface area (TPSA) is 163 Å². The van der Waals surface area contributed by atoms with Crippen LogP contribution in [0.5, 0.6) is 0 Å². The van der Waals surface area contributed by atoms with Crippen LogP contribution in [0, 0.1) is 24.5 Å². The normalized spacial score (nSPS) is 13.3. The molecule has 15 nitrogen and oxygen atoms in total. The number of halogens is 3. The smallest absolute Gasteiger partial charge is 0.320 e. The second kappa shape index (κ2) is 19.2. The highest BCUT2D eigenvalue weighted by Crippen LogP contribution is 2.33. The van der Waals surface area contributed by atoms with Crippen LogP contribution in [0.15, 0.2) is 67.1 Å². The van der Waals surface area contributed by atoms with Crippen molar-refractivity contribution in [2.75, 3.05) is 64.0 Å². The lowest BCUT2D eigenvalue weighted by Gasteiger charge is -2.36. The summed E-state index contributed by atoms with van der Waals surface area (Å²) in [6.07, 6.45) is 5.95. The monoisotopic (exact) mass is 843 g/mol. The number of amides is 5. The molecule has 0 radical (unpaired) electrons. The molecule has 60 heavy (non-hydrogen) atoms. The number of urea groups is 1. The van der Waals surface area contributed by atoms with E-state index in [0.29, 0.717) is 48.9 Å². The summed E-state index contributed by atoms with van der Waals surface area (Å²) in [5.41, 5.74) is 1.43. The summed E-state index contributed by atoms with van der Waals surface area (Å²) in [4.78, 5) is 65.9. The Bertz CT molecular complexity index is 2360. The molecule has 0 spiro atoms. The number of rotatable bonds is 14. The average molecular weight is 844 g/mol. The van der Waals surface area contributed by atoms with Gasteiger partial charge in [0.1, 0.15) is 5.82 Å². The molecular weight excluding hydrogens is 796 g/mol. The van der Waals surface area contributed by atoms with Gasteiger partial charge in [-0.1, -0.05) is 30.7 Å². The van der Waals surface area contributed by atoms with E-state index in [9.17, 15) is 19.2 Å². The molecule has 5 amide bonds. The average Bonchev–Trinajstić information content (AvgIpc) is 3.80. The Kier molecular flexibility index (Phi) is 13.9. The lowest BCUT2D eigenvalue weighted by atomic mass is 10.00. The molecule has 1 aliphatic rings. The van der Waals surface area contributed by atoms with Gasteiger partial charge in [-0.25, -0.2) is 23.5 Å². The minimum Gasteiger partial charge on any atom is -0.339 e. The maximum absolute atomic E-state index is 15.7. The third kappa shape index (κ3) is 9.97. The number of aryl methyl sites for hydroxylation is 1. The van der Waals surface area contributed by atoms with Crippen LogP contribution in [0.3, 0.4) is 0 Å². The molecule has 6 rings (SSSR count). The molecule has 0 saturated carbocycles. The minimum absolute atomic E-state index is 0.00608. The zero-order valence-corrected chi connectivity index (χ0v) is 34.9. The van der Waals surface area contributed by atoms with E-state index in [1.165, 1.54) is 46.8 Å². The van der Waals surface area contributed by atoms with Crippen LogP contribution in [-0.4, -0.2) is 116 Å². The summed E-state index contributed by atoms with van der Waals surface area (Å²) in [5, 5.41) is 12.6. The lowest BCUT2D eigenvalue weighted by molar-refractivity contribution is -0.137. The molecule has 316 valence electrons. The predicted molar refractivity (Wildman–Crippen MR) is 225 cm³/mol. The summed E-state index contributed by atoms with van der Waals surface area (Å²) >= 11 is 6.56. The number of benzene rings is 2. The number of aromatic nitrogens is 5. The Morgan fingerprint density at radius 2 is 1.63 bits per heavy atom. The predicted octanol–water partition coefficient (Wildman–Crippen LogP) is 5.92. The number of hydrogen-bond acceptors (Lipinski definition) is 8. The fourth-order valence-electron chi connectivity index (χ4n) is 7.03. The quantitative estimate of drug-likeness (QED) is 0.124. The van der Waals surface area contributed by atoms with Crippen molar-refractivity contribution >= 4 is 46.9 Å². The zero-order valence-electron chi connectivity index (χ0n) is 34.1. The molecule has 18 heteroatoms. The van der Waals surface area contributed by atoms with Gasteiger partial charge in [0.25, 0.3) is 11.8 Å². The van der Waals surface area contributed by atoms with Gasteiger partial charge in [0.15, 0.2) is 17.5 Å². The highest BCUT2D eigenvalue weighted by atomic mass is 35.5. The Morgan fingerprint density at radius 1 is 0.917 bits per heavy atom. The number of piperazine rings is 1. The van der Waals surface area contributed by atoms with Gasteiger partial charge in [-0.15, -0.1) is 0 Å². The summed E-state index contributed by atoms with van der Waals surface area (Å²) in [6.45, 7) is 6.61. The largest absolute Gasteiger partial charge is 0.339 e. The van der Waals surface area contributed by atoms with Crippen LogP contribution in [-0.2, 0) is 18.4 Å². The van der Waals surface area contributed by atoms with E-state index in [1.54, 1.807) is 48.5 Å². The first kappa shape index (κ1) is 43.4. The zero-order chi connectivity index (χ0) is 43.1. The molecule has 3 N–H and O–H groups in total. The van der Waals surface area contributed by atoms with Crippen LogP contribution in [0.25, 0.3) is 22.4 Å². The van der Waals surface area contributed by atoms with Crippen molar-refractivity contribution in [2.24, 2.45) is 13.0 Å². The van der Waals surface area contributed by atoms with Crippen LogP contribution in [0.4, 0.5) is 25.1 Å². The second-order valence-electron chi connectivity index (χ2n) is 14.8. The van der Waals surface area contributed by atoms with Gasteiger partial charge < -0.3 is 29.9 Å². The summed E-state index contributed by atoms with van der Waals surface area (Å²) in [6, 6.07) is 12.1. The maximum Gasteiger partial charge on any atom is 0.320 e. The Morgan fingerprint density at radius 3 is 2.32 bits per heavy atom. The number of hydrogen-bond donors (Lipinski definition) is 3. The molecule has 5 aromatic rings. The number of nitrogens with zero attached hydrogens (tertiary/aromatic N) is 8. The van der Waals surface area contributed by atoms with Crippen molar-refractivity contribution < 1.29 is 28.0 Å². The van der Waals surface area contributed by atoms with Crippen molar-refractivity contribution in [3.63, 3.8) is 0 Å². The minimum atomic E-state index is -1.13. The molecule has 0 bridgehead atoms. The first-order valence-electron chi connectivity index (χ1n) is 19.6. The highest BCUT2D eigenvalue weighted by Gasteiger charge is 2.30. The van der Waals surface area contributed by atoms with Gasteiger partial charge in [0.05, 0.1) is 34.7 Å². The molecule has 0 aliphatic carbocycles. The fraction of sp³-hybridized carbons (Fsp3) is 0.357. The number of carbonyl (C=O) groups is 4. The Hall–Kier alpha value is -6.20. The first-order valence-corrected chi connectivity index (χ1v) is 20.0. The lowest BCUT2D eigenvalue weighted by Crippen LogP contribution is -2.52. The molecule has 1 atom stereocenters. The van der Waals surface area contributed by atoms with Gasteiger partial charge in [-0.3, -0.25) is 24.4 Å². The van der Waals surface area contributed by atoms with E-state index in [0.717, 1.165) is 19.4 Å². The number of anilines is 2. The van der Waals surface area contributed by atoms with Crippen molar-refractivity contribution in [2.45, 2.75) is 33.2 Å². The van der Waals surface area contributed by atoms with E-state index in [-0.39, 0.29) is 64.1 Å². The van der Waals surface area contributed by atoms with Gasteiger partial charge in [-0.05, 0) is 76.8 Å². The second-order valence-corrected chi connectivity index (χ2v) is 15.2. The number of nitrogens with one attached hydrogen (secondary N) is 3. The molecule has 3 aromatic heterocycles. The van der Waals surface area contributed by atoms with Crippen LogP contribution >= 0.6 is 11.6 Å². The van der Waals surface area contributed by atoms with E-state index < -0.39 is 23.6 Å². The molecule has 1 aliphatic heterocycles. The van der Waals surface area contributed by atoms with Crippen molar-refractivity contribution in [3.05, 3.63) is 101 Å². The van der Waals surface area contributed by atoms with Crippen molar-refractivity contribution in [1.29, 1.82) is 0 Å². The molecule has 1 unspecified atom stereocenters. The summed E-state index contributed by atoms with van der Waals surface area (Å²) < 4.78 is 34.3. The van der Waals surface area contributed by atoms with Crippen LogP contribution in [0.2, 0.25) is 5.02 Å². The van der Waals surface area contributed by atoms with Gasteiger partial charge in [-0.2, -0.15) is 5.10 Å². The SMILES string of the molecule is CCC(CCN(C)C)C(=O)N1CCN(C(=O)c2ccc(NC(=O)c3ncc(-c4ccc(-c5cn(CCNC(=O)Nc6ccccn6)nc5C)c(F)c4F)n3C)cc2Cl)CC1. The molecule has 1 fully saturated rings. The van der Waals surface area contributed by atoms with Crippen LogP contribution < -0.4 is 16.0 Å². The van der Waals surface area contributed by atoms with Gasteiger partial charge in [0, 0.05) is 80.5 Å². The summed E-state index contributed by atoms with van der Waals surface area (Å²) in [7, 11) is 5.48. The first-order chi connectivity index (χ1) is 28.7. The van der Waals surface area contributed by atoms with Gasteiger partial charge >= 0.3 is 6.03 Å². The highest BCUT2D eigenvalue weighted by molar-refractivity contribution is 6.34. The number of carbonyl (C=O) groups excluding carboxylic acids is 4. The van der Waals surface area contributed by atoms with Crippen molar-refractivity contribution in [3.8, 4) is 22.4 Å². The number of imidazole rings is 1. The molecule has 4 heterocycles. The van der Waals surface area contributed by atoms with Gasteiger partial charge in [0.2, 0.25) is 5.91 Å². The van der Waals surface area contributed by atoms with E-state index in [1.807, 2.05) is 25.9 Å². The van der Waals surface area contributed by atoms with E-state index >= 15 is 8.78 Å². The Labute approximate surface area is 351 Å². The fourth-order valence-corrected chi connectivity index (χ4v) is 7.29. The molecule has 1 saturated heterocycles. The Balaban J connectivity index is 1.06.